The summed E-state index contributed by atoms with van der Waals surface area (Å²) in [5, 5.41) is 3.05. The van der Waals surface area contributed by atoms with Crippen molar-refractivity contribution < 1.29 is 4.74 Å². The van der Waals surface area contributed by atoms with E-state index >= 15 is 0 Å². The van der Waals surface area contributed by atoms with E-state index in [1.807, 2.05) is 17.1 Å². The smallest absolute Gasteiger partial charge is 0.185 e. The Kier molecular flexibility index (Phi) is 5.72. The zero-order valence-electron chi connectivity index (χ0n) is 13.1. The summed E-state index contributed by atoms with van der Waals surface area (Å²) in [5.74, 6) is 0. The molecule has 6 heteroatoms. The second kappa shape index (κ2) is 7.33. The lowest BCUT2D eigenvalue weighted by Crippen LogP contribution is -2.31. The van der Waals surface area contributed by atoms with Gasteiger partial charge in [0.25, 0.3) is 0 Å². The van der Waals surface area contributed by atoms with Crippen LogP contribution in [0.2, 0.25) is 0 Å². The van der Waals surface area contributed by atoms with Gasteiger partial charge in [-0.2, -0.15) is 0 Å². The molecule has 0 aromatic carbocycles. The van der Waals surface area contributed by atoms with Gasteiger partial charge >= 0.3 is 0 Å². The summed E-state index contributed by atoms with van der Waals surface area (Å²) >= 11 is 3.37. The SMILES string of the molecule is CCC(C)(C)OCCN(Cc1scnc1C)c1nccs1. The van der Waals surface area contributed by atoms with Crippen molar-refractivity contribution in [2.45, 2.75) is 46.3 Å². The van der Waals surface area contributed by atoms with E-state index in [2.05, 4.69) is 42.6 Å². The number of hydrogen-bond acceptors (Lipinski definition) is 6. The van der Waals surface area contributed by atoms with Gasteiger partial charge in [0, 0.05) is 23.0 Å². The van der Waals surface area contributed by atoms with Gasteiger partial charge < -0.3 is 9.64 Å². The maximum atomic E-state index is 5.98. The lowest BCUT2D eigenvalue weighted by atomic mass is 10.1. The van der Waals surface area contributed by atoms with Gasteiger partial charge in [0.2, 0.25) is 0 Å². The Balaban J connectivity index is 1.99. The zero-order valence-corrected chi connectivity index (χ0v) is 14.8. The van der Waals surface area contributed by atoms with Crippen molar-refractivity contribution in [3.8, 4) is 0 Å². The molecule has 0 saturated carbocycles. The average molecular weight is 326 g/mol. The van der Waals surface area contributed by atoms with Crippen molar-refractivity contribution in [3.63, 3.8) is 0 Å². The van der Waals surface area contributed by atoms with E-state index in [1.54, 1.807) is 22.7 Å². The average Bonchev–Trinajstić information content (AvgIpc) is 3.10. The maximum absolute atomic E-state index is 5.98. The molecule has 0 bridgehead atoms. The van der Waals surface area contributed by atoms with Crippen molar-refractivity contribution >= 4 is 27.8 Å². The molecule has 21 heavy (non-hydrogen) atoms. The van der Waals surface area contributed by atoms with Crippen LogP contribution in [0.1, 0.15) is 37.8 Å². The number of ether oxygens (including phenoxy) is 1. The third-order valence-corrected chi connectivity index (χ3v) is 5.33. The van der Waals surface area contributed by atoms with E-state index < -0.39 is 0 Å². The van der Waals surface area contributed by atoms with Crippen molar-refractivity contribution in [1.29, 1.82) is 0 Å². The van der Waals surface area contributed by atoms with E-state index in [0.29, 0.717) is 6.61 Å². The fourth-order valence-electron chi connectivity index (χ4n) is 1.80. The molecule has 0 radical (unpaired) electrons. The molecule has 0 aliphatic heterocycles. The van der Waals surface area contributed by atoms with Crippen LogP contribution in [0.3, 0.4) is 0 Å². The van der Waals surface area contributed by atoms with Crippen molar-refractivity contribution in [1.82, 2.24) is 9.97 Å². The normalized spacial score (nSPS) is 11.8. The summed E-state index contributed by atoms with van der Waals surface area (Å²) in [4.78, 5) is 12.3. The van der Waals surface area contributed by atoms with Crippen molar-refractivity contribution in [3.05, 3.63) is 27.7 Å². The molecule has 0 N–H and O–H groups in total. The van der Waals surface area contributed by atoms with E-state index in [4.69, 9.17) is 4.74 Å². The van der Waals surface area contributed by atoms with Crippen molar-refractivity contribution in [2.24, 2.45) is 0 Å². The third-order valence-electron chi connectivity index (χ3n) is 3.57. The van der Waals surface area contributed by atoms with Crippen molar-refractivity contribution in [2.75, 3.05) is 18.1 Å². The Bertz CT molecular complexity index is 537. The summed E-state index contributed by atoms with van der Waals surface area (Å²) < 4.78 is 5.98. The second-order valence-corrected chi connectivity index (χ2v) is 7.37. The minimum atomic E-state index is -0.0606. The first kappa shape index (κ1) is 16.4. The van der Waals surface area contributed by atoms with Crippen LogP contribution in [-0.2, 0) is 11.3 Å². The standard InChI is InChI=1S/C15H23N3OS2/c1-5-15(3,4)19-8-7-18(14-16-6-9-20-14)10-13-12(2)17-11-21-13/h6,9,11H,5,7-8,10H2,1-4H3. The van der Waals surface area contributed by atoms with Crippen LogP contribution in [0.15, 0.2) is 17.1 Å². The molecule has 0 spiro atoms. The lowest BCUT2D eigenvalue weighted by Gasteiger charge is -2.27. The van der Waals surface area contributed by atoms with Crippen LogP contribution in [0, 0.1) is 6.92 Å². The van der Waals surface area contributed by atoms with E-state index in [9.17, 15) is 0 Å². The largest absolute Gasteiger partial charge is 0.374 e. The topological polar surface area (TPSA) is 38.2 Å². The number of hydrogen-bond donors (Lipinski definition) is 0. The zero-order chi connectivity index (χ0) is 15.3. The Morgan fingerprint density at radius 2 is 2.10 bits per heavy atom. The predicted octanol–water partition coefficient (Wildman–Crippen LogP) is 4.12. The number of nitrogens with zero attached hydrogens (tertiary/aromatic N) is 3. The summed E-state index contributed by atoms with van der Waals surface area (Å²) in [6.07, 6.45) is 2.86. The maximum Gasteiger partial charge on any atom is 0.185 e. The van der Waals surface area contributed by atoms with E-state index in [1.165, 1.54) is 4.88 Å². The Morgan fingerprint density at radius 1 is 1.29 bits per heavy atom. The van der Waals surface area contributed by atoms with E-state index in [0.717, 1.165) is 30.3 Å². The second-order valence-electron chi connectivity index (χ2n) is 5.56. The Morgan fingerprint density at radius 3 is 2.67 bits per heavy atom. The first-order chi connectivity index (χ1) is 10.0. The number of anilines is 1. The quantitative estimate of drug-likeness (QED) is 0.732. The highest BCUT2D eigenvalue weighted by Crippen LogP contribution is 2.23. The molecule has 0 atom stereocenters. The highest BCUT2D eigenvalue weighted by Gasteiger charge is 2.17. The Labute approximate surface area is 134 Å². The number of aromatic nitrogens is 2. The minimum Gasteiger partial charge on any atom is -0.374 e. The monoisotopic (exact) mass is 325 g/mol. The molecule has 0 aliphatic rings. The van der Waals surface area contributed by atoms with E-state index in [-0.39, 0.29) is 5.60 Å². The van der Waals surface area contributed by atoms with Crippen LogP contribution in [-0.4, -0.2) is 28.7 Å². The first-order valence-corrected chi connectivity index (χ1v) is 8.95. The van der Waals surface area contributed by atoms with Crippen LogP contribution in [0.5, 0.6) is 0 Å². The summed E-state index contributed by atoms with van der Waals surface area (Å²) in [6, 6.07) is 0. The molecule has 0 aliphatic carbocycles. The molecule has 2 aromatic heterocycles. The molecule has 0 fully saturated rings. The number of rotatable bonds is 8. The van der Waals surface area contributed by atoms with Gasteiger partial charge in [0.15, 0.2) is 5.13 Å². The molecule has 2 heterocycles. The molecule has 0 saturated heterocycles. The molecule has 116 valence electrons. The summed E-state index contributed by atoms with van der Waals surface area (Å²) in [6.45, 7) is 10.9. The van der Waals surface area contributed by atoms with Gasteiger partial charge in [-0.1, -0.05) is 6.92 Å². The van der Waals surface area contributed by atoms with Crippen LogP contribution >= 0.6 is 22.7 Å². The molecule has 2 aromatic rings. The van der Waals surface area contributed by atoms with Gasteiger partial charge in [-0.15, -0.1) is 22.7 Å². The molecule has 0 amide bonds. The molecule has 4 nitrogen and oxygen atoms in total. The molecular weight excluding hydrogens is 302 g/mol. The predicted molar refractivity (Wildman–Crippen MR) is 90.3 cm³/mol. The van der Waals surface area contributed by atoms with Gasteiger partial charge in [-0.05, 0) is 27.2 Å². The molecule has 0 unspecified atom stereocenters. The van der Waals surface area contributed by atoms with Crippen LogP contribution in [0.25, 0.3) is 0 Å². The highest BCUT2D eigenvalue weighted by atomic mass is 32.1. The van der Waals surface area contributed by atoms with Crippen LogP contribution in [0.4, 0.5) is 5.13 Å². The first-order valence-electron chi connectivity index (χ1n) is 7.19. The molecular formula is C15H23N3OS2. The molecule has 2 rings (SSSR count). The van der Waals surface area contributed by atoms with Gasteiger partial charge in [-0.3, -0.25) is 0 Å². The van der Waals surface area contributed by atoms with Gasteiger partial charge in [0.05, 0.1) is 30.0 Å². The highest BCUT2D eigenvalue weighted by molar-refractivity contribution is 7.13. The number of thiazole rings is 2. The Hall–Kier alpha value is -0.980. The summed E-state index contributed by atoms with van der Waals surface area (Å²) in [7, 11) is 0. The van der Waals surface area contributed by atoms with Gasteiger partial charge in [0.1, 0.15) is 0 Å². The van der Waals surface area contributed by atoms with Crippen LogP contribution < -0.4 is 4.90 Å². The number of aryl methyl sites for hydroxylation is 1. The fraction of sp³-hybridized carbons (Fsp3) is 0.600. The third kappa shape index (κ3) is 4.76. The summed E-state index contributed by atoms with van der Waals surface area (Å²) in [5.41, 5.74) is 2.95. The lowest BCUT2D eigenvalue weighted by molar-refractivity contribution is -0.0161. The minimum absolute atomic E-state index is 0.0606. The fourth-order valence-corrected chi connectivity index (χ4v) is 3.26. The van der Waals surface area contributed by atoms with Gasteiger partial charge in [-0.25, -0.2) is 9.97 Å².